The lowest BCUT2D eigenvalue weighted by Gasteiger charge is -2.17. The monoisotopic (exact) mass is 245 g/mol. The molecule has 0 atom stereocenters. The Morgan fingerprint density at radius 2 is 1.62 bits per heavy atom. The zero-order valence-electron chi connectivity index (χ0n) is 9.50. The highest BCUT2D eigenvalue weighted by Gasteiger charge is 2.12. The van der Waals surface area contributed by atoms with Crippen molar-refractivity contribution in [3.63, 3.8) is 0 Å². The molecule has 0 saturated carbocycles. The molecule has 0 radical (unpaired) electrons. The summed E-state index contributed by atoms with van der Waals surface area (Å²) in [6.07, 6.45) is 0. The molecular weight excluding hydrogens is 230 g/mol. The Morgan fingerprint density at radius 3 is 2.00 bits per heavy atom. The van der Waals surface area contributed by atoms with Gasteiger partial charge in [-0.05, 0) is 24.3 Å². The van der Waals surface area contributed by atoms with Crippen molar-refractivity contribution in [1.82, 2.24) is 0 Å². The zero-order valence-corrected chi connectivity index (χ0v) is 10.3. The highest BCUT2D eigenvalue weighted by atomic mass is 32.2. The number of sulfone groups is 1. The maximum atomic E-state index is 11.5. The molecule has 5 nitrogen and oxygen atoms in total. The number of benzene rings is 1. The van der Waals surface area contributed by atoms with Crippen LogP contribution < -0.4 is 5.23 Å². The van der Waals surface area contributed by atoms with Crippen LogP contribution in [-0.2, 0) is 19.5 Å². The van der Waals surface area contributed by atoms with E-state index in [2.05, 4.69) is 0 Å². The van der Waals surface area contributed by atoms with Gasteiger partial charge in [0.2, 0.25) is 0 Å². The molecule has 0 unspecified atom stereocenters. The largest absolute Gasteiger partial charge is 0.252 e. The Balaban J connectivity index is 3.00. The molecule has 0 aliphatic rings. The van der Waals surface area contributed by atoms with E-state index in [1.54, 1.807) is 19.1 Å². The summed E-state index contributed by atoms with van der Waals surface area (Å²) >= 11 is 0. The molecule has 1 aromatic carbocycles. The third-order valence-corrected chi connectivity index (χ3v) is 3.87. The van der Waals surface area contributed by atoms with E-state index in [1.807, 2.05) is 0 Å². The van der Waals surface area contributed by atoms with Gasteiger partial charge in [0, 0.05) is 0 Å². The predicted octanol–water partition coefficient (Wildman–Crippen LogP) is 1.41. The second kappa shape index (κ2) is 5.29. The van der Waals surface area contributed by atoms with Gasteiger partial charge in [0.25, 0.3) is 0 Å². The van der Waals surface area contributed by atoms with Crippen molar-refractivity contribution >= 4 is 15.5 Å². The summed E-state index contributed by atoms with van der Waals surface area (Å²) < 4.78 is 23.1. The van der Waals surface area contributed by atoms with Crippen molar-refractivity contribution in [3.8, 4) is 0 Å². The molecular formula is C10H15NO4S. The quantitative estimate of drug-likeness (QED) is 0.734. The summed E-state index contributed by atoms with van der Waals surface area (Å²) in [5.41, 5.74) is 0.625. The number of anilines is 1. The van der Waals surface area contributed by atoms with Gasteiger partial charge in [0.15, 0.2) is 9.84 Å². The molecule has 0 spiro atoms. The van der Waals surface area contributed by atoms with Crippen molar-refractivity contribution in [2.45, 2.75) is 11.8 Å². The van der Waals surface area contributed by atoms with Crippen LogP contribution in [-0.4, -0.2) is 28.4 Å². The van der Waals surface area contributed by atoms with Crippen LogP contribution in [0.4, 0.5) is 5.69 Å². The second-order valence-electron chi connectivity index (χ2n) is 3.02. The van der Waals surface area contributed by atoms with E-state index in [4.69, 9.17) is 9.68 Å². The molecule has 0 heterocycles. The summed E-state index contributed by atoms with van der Waals surface area (Å²) in [4.78, 5) is 10.1. The van der Waals surface area contributed by atoms with Gasteiger partial charge in [-0.1, -0.05) is 6.92 Å². The number of hydrogen-bond donors (Lipinski definition) is 0. The first-order valence-electron chi connectivity index (χ1n) is 4.76. The van der Waals surface area contributed by atoms with Gasteiger partial charge >= 0.3 is 0 Å². The van der Waals surface area contributed by atoms with E-state index >= 15 is 0 Å². The van der Waals surface area contributed by atoms with Crippen molar-refractivity contribution in [2.75, 3.05) is 25.2 Å². The maximum Gasteiger partial charge on any atom is 0.178 e. The van der Waals surface area contributed by atoms with Gasteiger partial charge < -0.3 is 0 Å². The highest BCUT2D eigenvalue weighted by molar-refractivity contribution is 7.91. The number of hydrogen-bond acceptors (Lipinski definition) is 5. The first-order valence-corrected chi connectivity index (χ1v) is 6.41. The molecule has 0 N–H and O–H groups in total. The molecule has 0 saturated heterocycles. The number of nitrogens with zero attached hydrogens (tertiary/aromatic N) is 1. The SMILES string of the molecule is CCS(=O)(=O)c1ccc(N(OC)OC)cc1. The molecule has 0 bridgehead atoms. The standard InChI is InChI=1S/C10H15NO4S/c1-4-16(12,13)10-7-5-9(6-8-10)11(14-2)15-3/h5-8H,4H2,1-3H3. The van der Waals surface area contributed by atoms with Crippen LogP contribution in [0.1, 0.15) is 6.92 Å². The van der Waals surface area contributed by atoms with Crippen LogP contribution >= 0.6 is 0 Å². The van der Waals surface area contributed by atoms with Gasteiger partial charge in [-0.15, -0.1) is 5.23 Å². The molecule has 0 aromatic heterocycles. The fraction of sp³-hybridized carbons (Fsp3) is 0.400. The van der Waals surface area contributed by atoms with E-state index in [1.165, 1.54) is 31.6 Å². The summed E-state index contributed by atoms with van der Waals surface area (Å²) in [6, 6.07) is 6.30. The normalized spacial score (nSPS) is 11.4. The summed E-state index contributed by atoms with van der Waals surface area (Å²) in [6.45, 7) is 1.61. The Morgan fingerprint density at radius 1 is 1.12 bits per heavy atom. The minimum atomic E-state index is -3.15. The fourth-order valence-corrected chi connectivity index (χ4v) is 2.11. The van der Waals surface area contributed by atoms with Crippen LogP contribution in [0.5, 0.6) is 0 Å². The predicted molar refractivity (Wildman–Crippen MR) is 60.7 cm³/mol. The van der Waals surface area contributed by atoms with Gasteiger partial charge in [-0.3, -0.25) is 9.68 Å². The molecule has 0 amide bonds. The lowest BCUT2D eigenvalue weighted by Crippen LogP contribution is -2.19. The van der Waals surface area contributed by atoms with Gasteiger partial charge in [0.05, 0.1) is 30.6 Å². The highest BCUT2D eigenvalue weighted by Crippen LogP contribution is 2.18. The first kappa shape index (κ1) is 13.0. The molecule has 90 valence electrons. The van der Waals surface area contributed by atoms with E-state index in [0.29, 0.717) is 10.6 Å². The van der Waals surface area contributed by atoms with Crippen LogP contribution in [0.25, 0.3) is 0 Å². The second-order valence-corrected chi connectivity index (χ2v) is 5.30. The van der Waals surface area contributed by atoms with Gasteiger partial charge in [0.1, 0.15) is 0 Å². The molecule has 1 rings (SSSR count). The van der Waals surface area contributed by atoms with Crippen molar-refractivity contribution in [1.29, 1.82) is 0 Å². The fourth-order valence-electron chi connectivity index (χ4n) is 1.23. The Hall–Kier alpha value is -1.11. The van der Waals surface area contributed by atoms with E-state index < -0.39 is 9.84 Å². The Kier molecular flexibility index (Phi) is 4.28. The molecule has 6 heteroatoms. The Bertz CT molecular complexity index is 423. The van der Waals surface area contributed by atoms with Gasteiger partial charge in [-0.2, -0.15) is 0 Å². The van der Waals surface area contributed by atoms with Crippen LogP contribution in [0.2, 0.25) is 0 Å². The van der Waals surface area contributed by atoms with E-state index in [-0.39, 0.29) is 5.75 Å². The molecule has 16 heavy (non-hydrogen) atoms. The molecule has 0 aliphatic carbocycles. The zero-order chi connectivity index (χ0) is 12.2. The minimum Gasteiger partial charge on any atom is -0.252 e. The van der Waals surface area contributed by atoms with Crippen molar-refractivity contribution in [3.05, 3.63) is 24.3 Å². The molecule has 1 aromatic rings. The molecule has 0 aliphatic heterocycles. The van der Waals surface area contributed by atoms with Gasteiger partial charge in [-0.25, -0.2) is 8.42 Å². The minimum absolute atomic E-state index is 0.0879. The lowest BCUT2D eigenvalue weighted by molar-refractivity contribution is -0.0433. The topological polar surface area (TPSA) is 55.8 Å². The van der Waals surface area contributed by atoms with E-state index in [0.717, 1.165) is 0 Å². The first-order chi connectivity index (χ1) is 7.55. The number of rotatable bonds is 5. The van der Waals surface area contributed by atoms with Crippen LogP contribution in [0.3, 0.4) is 0 Å². The molecule has 0 fully saturated rings. The average Bonchev–Trinajstić information content (AvgIpc) is 2.31. The summed E-state index contributed by atoms with van der Waals surface area (Å²) in [7, 11) is -0.237. The van der Waals surface area contributed by atoms with Crippen LogP contribution in [0.15, 0.2) is 29.2 Å². The lowest BCUT2D eigenvalue weighted by atomic mass is 10.3. The maximum absolute atomic E-state index is 11.5. The third-order valence-electron chi connectivity index (χ3n) is 2.12. The summed E-state index contributed by atoms with van der Waals surface area (Å²) in [5, 5.41) is 1.18. The summed E-state index contributed by atoms with van der Waals surface area (Å²) in [5.74, 6) is 0.0879. The van der Waals surface area contributed by atoms with E-state index in [9.17, 15) is 8.42 Å². The average molecular weight is 245 g/mol. The smallest absolute Gasteiger partial charge is 0.178 e. The Labute approximate surface area is 95.4 Å². The van der Waals surface area contributed by atoms with Crippen molar-refractivity contribution in [2.24, 2.45) is 0 Å². The van der Waals surface area contributed by atoms with Crippen LogP contribution in [0, 0.1) is 0 Å². The van der Waals surface area contributed by atoms with Crippen molar-refractivity contribution < 1.29 is 18.1 Å². The third kappa shape index (κ3) is 2.72.